The topological polar surface area (TPSA) is 63.3 Å². The van der Waals surface area contributed by atoms with Gasteiger partial charge in [-0.3, -0.25) is 9.69 Å². The van der Waals surface area contributed by atoms with Gasteiger partial charge >= 0.3 is 0 Å². The van der Waals surface area contributed by atoms with Crippen molar-refractivity contribution in [2.45, 2.75) is 57.6 Å². The quantitative estimate of drug-likeness (QED) is 0.683. The molecule has 2 heterocycles. The van der Waals surface area contributed by atoms with Crippen LogP contribution >= 0.6 is 0 Å². The summed E-state index contributed by atoms with van der Waals surface area (Å²) in [6.07, 6.45) is 6.35. The number of nitrogens with one attached hydrogen (secondary N) is 1. The van der Waals surface area contributed by atoms with Gasteiger partial charge in [-0.1, -0.05) is 6.07 Å². The van der Waals surface area contributed by atoms with Gasteiger partial charge in [0.2, 0.25) is 12.7 Å². The normalized spacial score (nSPS) is 24.8. The fourth-order valence-corrected chi connectivity index (χ4v) is 4.97. The minimum atomic E-state index is -0.0134. The van der Waals surface area contributed by atoms with Gasteiger partial charge in [0.05, 0.1) is 18.2 Å². The fourth-order valence-electron chi connectivity index (χ4n) is 4.97. The molecule has 1 aromatic rings. The van der Waals surface area contributed by atoms with Crippen molar-refractivity contribution < 1.29 is 19.0 Å². The number of amides is 1. The molecular formula is C24H37N3O4. The third-order valence-corrected chi connectivity index (χ3v) is 7.03. The second kappa shape index (κ2) is 10.6. The van der Waals surface area contributed by atoms with Gasteiger partial charge in [-0.15, -0.1) is 0 Å². The summed E-state index contributed by atoms with van der Waals surface area (Å²) in [4.78, 5) is 17.1. The molecule has 2 aliphatic heterocycles. The number of benzene rings is 1. The zero-order valence-corrected chi connectivity index (χ0v) is 19.0. The molecule has 1 saturated carbocycles. The van der Waals surface area contributed by atoms with Crippen molar-refractivity contribution in [3.05, 3.63) is 18.2 Å². The smallest absolute Gasteiger partial charge is 0.231 e. The number of rotatable bonds is 8. The Morgan fingerprint density at radius 3 is 2.68 bits per heavy atom. The Balaban J connectivity index is 1.14. The Labute approximate surface area is 186 Å². The van der Waals surface area contributed by atoms with E-state index in [0.29, 0.717) is 19.3 Å². The van der Waals surface area contributed by atoms with E-state index in [0.717, 1.165) is 62.1 Å². The Kier molecular flexibility index (Phi) is 7.56. The third-order valence-electron chi connectivity index (χ3n) is 7.03. The number of carbonyl (C=O) groups is 1. The molecule has 1 saturated heterocycles. The molecule has 1 aliphatic carbocycles. The van der Waals surface area contributed by atoms with Gasteiger partial charge in [0.25, 0.3) is 0 Å². The lowest BCUT2D eigenvalue weighted by Gasteiger charge is -2.37. The molecule has 2 fully saturated rings. The van der Waals surface area contributed by atoms with Gasteiger partial charge in [-0.05, 0) is 63.6 Å². The predicted molar refractivity (Wildman–Crippen MR) is 121 cm³/mol. The van der Waals surface area contributed by atoms with Crippen LogP contribution < -0.4 is 19.7 Å². The van der Waals surface area contributed by atoms with Crippen LogP contribution in [0, 0.1) is 5.92 Å². The number of piperazine rings is 1. The standard InChI is InChI=1S/C24H37N3O4/c1-18(29-2)16-23(28)25-20-8-6-19(7-9-20)10-11-26-12-14-27(15-13-26)21-4-3-5-22-24(21)31-17-30-22/h3-5,18-20H,6-17H2,1-2H3,(H,25,28). The van der Waals surface area contributed by atoms with Crippen LogP contribution in [0.15, 0.2) is 18.2 Å². The van der Waals surface area contributed by atoms with Gasteiger partial charge in [-0.2, -0.15) is 0 Å². The van der Waals surface area contributed by atoms with Gasteiger partial charge < -0.3 is 24.4 Å². The van der Waals surface area contributed by atoms with Gasteiger partial charge in [0.15, 0.2) is 11.5 Å². The second-order valence-electron chi connectivity index (χ2n) is 9.16. The maximum Gasteiger partial charge on any atom is 0.231 e. The highest BCUT2D eigenvalue weighted by molar-refractivity contribution is 5.76. The zero-order chi connectivity index (χ0) is 21.6. The number of carbonyl (C=O) groups excluding carboxylic acids is 1. The van der Waals surface area contributed by atoms with E-state index in [4.69, 9.17) is 14.2 Å². The average molecular weight is 432 g/mol. The van der Waals surface area contributed by atoms with Crippen molar-refractivity contribution in [3.63, 3.8) is 0 Å². The van der Waals surface area contributed by atoms with Crippen molar-refractivity contribution in [2.75, 3.05) is 51.5 Å². The molecule has 7 nitrogen and oxygen atoms in total. The van der Waals surface area contributed by atoms with Gasteiger partial charge in [-0.25, -0.2) is 0 Å². The van der Waals surface area contributed by atoms with Crippen LogP contribution in [0.25, 0.3) is 0 Å². The van der Waals surface area contributed by atoms with E-state index in [-0.39, 0.29) is 12.0 Å². The first-order valence-corrected chi connectivity index (χ1v) is 11.8. The Bertz CT molecular complexity index is 728. The number of ether oxygens (including phenoxy) is 3. The molecule has 3 aliphatic rings. The van der Waals surface area contributed by atoms with E-state index in [9.17, 15) is 4.79 Å². The van der Waals surface area contributed by atoms with E-state index in [1.807, 2.05) is 19.1 Å². The molecule has 1 N–H and O–H groups in total. The van der Waals surface area contributed by atoms with Crippen LogP contribution in [0.2, 0.25) is 0 Å². The number of hydrogen-bond donors (Lipinski definition) is 1. The Morgan fingerprint density at radius 2 is 1.94 bits per heavy atom. The Hall–Kier alpha value is -1.99. The van der Waals surface area contributed by atoms with Crippen LogP contribution in [0.5, 0.6) is 11.5 Å². The number of fused-ring (bicyclic) bond motifs is 1. The van der Waals surface area contributed by atoms with Crippen molar-refractivity contribution in [1.29, 1.82) is 0 Å². The molecular weight excluding hydrogens is 394 g/mol. The largest absolute Gasteiger partial charge is 0.454 e. The minimum absolute atomic E-state index is 0.0134. The molecule has 0 radical (unpaired) electrons. The summed E-state index contributed by atoms with van der Waals surface area (Å²) in [6, 6.07) is 6.50. The maximum atomic E-state index is 12.1. The summed E-state index contributed by atoms with van der Waals surface area (Å²) >= 11 is 0. The molecule has 0 bridgehead atoms. The number of anilines is 1. The van der Waals surface area contributed by atoms with E-state index < -0.39 is 0 Å². The number of hydrogen-bond acceptors (Lipinski definition) is 6. The van der Waals surface area contributed by atoms with Crippen LogP contribution in [0.3, 0.4) is 0 Å². The molecule has 7 heteroatoms. The molecule has 0 aromatic heterocycles. The first-order valence-electron chi connectivity index (χ1n) is 11.8. The number of para-hydroxylation sites is 1. The molecule has 1 aromatic carbocycles. The van der Waals surface area contributed by atoms with Crippen LogP contribution in [0.4, 0.5) is 5.69 Å². The third kappa shape index (κ3) is 5.83. The minimum Gasteiger partial charge on any atom is -0.454 e. The van der Waals surface area contributed by atoms with Crippen molar-refractivity contribution in [2.24, 2.45) is 5.92 Å². The molecule has 1 unspecified atom stereocenters. The summed E-state index contributed by atoms with van der Waals surface area (Å²) in [7, 11) is 1.65. The molecule has 1 atom stereocenters. The molecule has 1 amide bonds. The molecule has 31 heavy (non-hydrogen) atoms. The highest BCUT2D eigenvalue weighted by Gasteiger charge is 2.26. The lowest BCUT2D eigenvalue weighted by atomic mass is 9.84. The SMILES string of the molecule is COC(C)CC(=O)NC1CCC(CCN2CCN(c3cccc4c3OCO4)CC2)CC1. The molecule has 0 spiro atoms. The van der Waals surface area contributed by atoms with Gasteiger partial charge in [0.1, 0.15) is 0 Å². The predicted octanol–water partition coefficient (Wildman–Crippen LogP) is 3.03. The maximum absolute atomic E-state index is 12.1. The number of methoxy groups -OCH3 is 1. The lowest BCUT2D eigenvalue weighted by Crippen LogP contribution is -2.47. The Morgan fingerprint density at radius 1 is 1.16 bits per heavy atom. The van der Waals surface area contributed by atoms with Gasteiger partial charge in [0, 0.05) is 39.3 Å². The summed E-state index contributed by atoms with van der Waals surface area (Å²) in [6.45, 7) is 7.67. The van der Waals surface area contributed by atoms with Crippen LogP contribution in [0.1, 0.15) is 45.4 Å². The van der Waals surface area contributed by atoms with Crippen molar-refractivity contribution in [3.8, 4) is 11.5 Å². The first-order chi connectivity index (χ1) is 15.1. The van der Waals surface area contributed by atoms with E-state index in [1.54, 1.807) is 7.11 Å². The average Bonchev–Trinajstić information content (AvgIpc) is 3.28. The van der Waals surface area contributed by atoms with E-state index >= 15 is 0 Å². The van der Waals surface area contributed by atoms with Crippen molar-refractivity contribution >= 4 is 11.6 Å². The monoisotopic (exact) mass is 431 g/mol. The summed E-state index contributed by atoms with van der Waals surface area (Å²) in [5.74, 6) is 2.67. The van der Waals surface area contributed by atoms with Crippen molar-refractivity contribution in [1.82, 2.24) is 10.2 Å². The fraction of sp³-hybridized carbons (Fsp3) is 0.708. The summed E-state index contributed by atoms with van der Waals surface area (Å²) in [5, 5.41) is 3.19. The molecule has 4 rings (SSSR count). The highest BCUT2D eigenvalue weighted by Crippen LogP contribution is 2.41. The summed E-state index contributed by atoms with van der Waals surface area (Å²) in [5.41, 5.74) is 1.16. The van der Waals surface area contributed by atoms with Crippen LogP contribution in [-0.4, -0.2) is 69.6 Å². The van der Waals surface area contributed by atoms with Crippen LogP contribution in [-0.2, 0) is 9.53 Å². The van der Waals surface area contributed by atoms with E-state index in [2.05, 4.69) is 21.2 Å². The second-order valence-corrected chi connectivity index (χ2v) is 9.16. The first kappa shape index (κ1) is 22.2. The number of nitrogens with zero attached hydrogens (tertiary/aromatic N) is 2. The summed E-state index contributed by atoms with van der Waals surface area (Å²) < 4.78 is 16.4. The highest BCUT2D eigenvalue weighted by atomic mass is 16.7. The molecule has 172 valence electrons. The van der Waals surface area contributed by atoms with E-state index in [1.165, 1.54) is 25.8 Å². The zero-order valence-electron chi connectivity index (χ0n) is 19.0. The lowest BCUT2D eigenvalue weighted by molar-refractivity contribution is -0.124.